The van der Waals surface area contributed by atoms with E-state index in [-0.39, 0.29) is 25.2 Å². The number of aliphatic hydroxyl groups is 1. The molecule has 0 unspecified atom stereocenters. The van der Waals surface area contributed by atoms with E-state index in [1.54, 1.807) is 4.90 Å². The first kappa shape index (κ1) is 20.2. The lowest BCUT2D eigenvalue weighted by molar-refractivity contribution is -0.113. The molecule has 1 aliphatic rings. The number of benzene rings is 2. The minimum Gasteiger partial charge on any atom is -0.491 e. The largest absolute Gasteiger partial charge is 0.491 e. The molecule has 0 radical (unpaired) electrons. The second-order valence-electron chi connectivity index (χ2n) is 6.69. The molecule has 2 aromatic carbocycles. The van der Waals surface area contributed by atoms with Crippen molar-refractivity contribution in [2.24, 2.45) is 4.99 Å². The van der Waals surface area contributed by atoms with Gasteiger partial charge in [-0.25, -0.2) is 0 Å². The number of thioether (sulfide) groups is 1. The number of anilines is 1. The first-order valence-corrected chi connectivity index (χ1v) is 10.0. The summed E-state index contributed by atoms with van der Waals surface area (Å²) in [6.07, 6.45) is 1.88. The van der Waals surface area contributed by atoms with Crippen molar-refractivity contribution in [3.05, 3.63) is 64.6 Å². The summed E-state index contributed by atoms with van der Waals surface area (Å²) in [6.45, 7) is 6.18. The van der Waals surface area contributed by atoms with E-state index in [1.807, 2.05) is 75.4 Å². The Balaban J connectivity index is 1.92. The van der Waals surface area contributed by atoms with Crippen molar-refractivity contribution < 1.29 is 14.6 Å². The number of ether oxygens (including phenoxy) is 1. The van der Waals surface area contributed by atoms with Crippen LogP contribution < -0.4 is 9.64 Å². The number of aliphatic imine (C=N–C) groups is 1. The topological polar surface area (TPSA) is 62.1 Å². The lowest BCUT2D eigenvalue weighted by Gasteiger charge is -2.16. The van der Waals surface area contributed by atoms with Gasteiger partial charge in [-0.1, -0.05) is 24.3 Å². The molecular weight excluding hydrogens is 372 g/mol. The second kappa shape index (κ2) is 9.08. The smallest absolute Gasteiger partial charge is 0.271 e. The molecule has 28 heavy (non-hydrogen) atoms. The van der Waals surface area contributed by atoms with Crippen LogP contribution in [-0.2, 0) is 4.79 Å². The van der Waals surface area contributed by atoms with Crippen molar-refractivity contribution in [1.82, 2.24) is 0 Å². The third kappa shape index (κ3) is 4.64. The van der Waals surface area contributed by atoms with Crippen molar-refractivity contribution in [2.75, 3.05) is 18.1 Å². The van der Waals surface area contributed by atoms with Gasteiger partial charge in [0.05, 0.1) is 17.2 Å². The molecule has 0 spiro atoms. The predicted octanol–water partition coefficient (Wildman–Crippen LogP) is 4.25. The number of hydrogen-bond donors (Lipinski definition) is 1. The van der Waals surface area contributed by atoms with Crippen LogP contribution in [0.5, 0.6) is 5.75 Å². The molecule has 1 aliphatic heterocycles. The quantitative estimate of drug-likeness (QED) is 0.742. The van der Waals surface area contributed by atoms with E-state index in [9.17, 15) is 4.79 Å². The summed E-state index contributed by atoms with van der Waals surface area (Å²) in [5.74, 6) is 0.656. The molecule has 1 amide bonds. The average molecular weight is 397 g/mol. The molecule has 0 bridgehead atoms. The van der Waals surface area contributed by atoms with Gasteiger partial charge in [0.25, 0.3) is 5.91 Å². The van der Waals surface area contributed by atoms with Gasteiger partial charge >= 0.3 is 0 Å². The molecule has 0 atom stereocenters. The maximum Gasteiger partial charge on any atom is 0.271 e. The van der Waals surface area contributed by atoms with E-state index in [0.717, 1.165) is 22.6 Å². The van der Waals surface area contributed by atoms with Crippen LogP contribution in [0.15, 0.2) is 58.4 Å². The summed E-state index contributed by atoms with van der Waals surface area (Å²) in [4.78, 5) is 20.0. The zero-order valence-electron chi connectivity index (χ0n) is 16.3. The molecule has 6 heteroatoms. The first-order chi connectivity index (χ1) is 13.5. The highest BCUT2D eigenvalue weighted by Crippen LogP contribution is 2.36. The van der Waals surface area contributed by atoms with Gasteiger partial charge in [-0.2, -0.15) is 0 Å². The molecule has 0 saturated carbocycles. The van der Waals surface area contributed by atoms with Crippen molar-refractivity contribution in [1.29, 1.82) is 0 Å². The van der Waals surface area contributed by atoms with Crippen LogP contribution in [0.4, 0.5) is 5.69 Å². The van der Waals surface area contributed by atoms with Crippen molar-refractivity contribution in [2.45, 2.75) is 26.8 Å². The number of aryl methyl sites for hydroxylation is 1. The SMILES string of the molecule is Cc1cc(C=C2SC(=NC(C)C)N(c3ccccc3)C2=O)ccc1OCCO. The zero-order chi connectivity index (χ0) is 20.1. The number of para-hydroxylation sites is 1. The Bertz CT molecular complexity index is 907. The Labute approximate surface area is 169 Å². The van der Waals surface area contributed by atoms with Crippen molar-refractivity contribution in [3.63, 3.8) is 0 Å². The van der Waals surface area contributed by atoms with E-state index in [1.165, 1.54) is 11.8 Å². The highest BCUT2D eigenvalue weighted by atomic mass is 32.2. The summed E-state index contributed by atoms with van der Waals surface area (Å²) in [5, 5.41) is 9.60. The van der Waals surface area contributed by atoms with Crippen molar-refractivity contribution >= 4 is 34.6 Å². The number of rotatable bonds is 6. The highest BCUT2D eigenvalue weighted by Gasteiger charge is 2.34. The summed E-state index contributed by atoms with van der Waals surface area (Å²) >= 11 is 1.39. The molecule has 1 saturated heterocycles. The Kier molecular flexibility index (Phi) is 6.54. The standard InChI is InChI=1S/C22H24N2O3S/c1-15(2)23-22-24(18-7-5-4-6-8-18)21(26)20(28-22)14-17-9-10-19(16(3)13-17)27-12-11-25/h4-10,13-15,25H,11-12H2,1-3H3. The van der Waals surface area contributed by atoms with Gasteiger partial charge in [0.15, 0.2) is 5.17 Å². The Morgan fingerprint density at radius 1 is 1.21 bits per heavy atom. The molecule has 1 N–H and O–H groups in total. The summed E-state index contributed by atoms with van der Waals surface area (Å²) in [5.41, 5.74) is 2.68. The van der Waals surface area contributed by atoms with Gasteiger partial charge in [0, 0.05) is 6.04 Å². The van der Waals surface area contributed by atoms with Crippen LogP contribution in [0.1, 0.15) is 25.0 Å². The van der Waals surface area contributed by atoms with Crippen LogP contribution in [0.25, 0.3) is 6.08 Å². The monoisotopic (exact) mass is 396 g/mol. The number of carbonyl (C=O) groups is 1. The second-order valence-corrected chi connectivity index (χ2v) is 7.70. The summed E-state index contributed by atoms with van der Waals surface area (Å²) < 4.78 is 5.50. The van der Waals surface area contributed by atoms with E-state index >= 15 is 0 Å². The minimum atomic E-state index is -0.0751. The number of aliphatic hydroxyl groups excluding tert-OH is 1. The van der Waals surface area contributed by atoms with E-state index in [4.69, 9.17) is 9.84 Å². The van der Waals surface area contributed by atoms with Crippen molar-refractivity contribution in [3.8, 4) is 5.75 Å². The first-order valence-electron chi connectivity index (χ1n) is 9.20. The average Bonchev–Trinajstić information content (AvgIpc) is 2.96. The molecule has 0 aliphatic carbocycles. The van der Waals surface area contributed by atoms with E-state index in [0.29, 0.717) is 10.1 Å². The predicted molar refractivity (Wildman–Crippen MR) is 116 cm³/mol. The number of carbonyl (C=O) groups excluding carboxylic acids is 1. The van der Waals surface area contributed by atoms with Gasteiger partial charge < -0.3 is 9.84 Å². The van der Waals surface area contributed by atoms with Gasteiger partial charge in [0.1, 0.15) is 12.4 Å². The number of nitrogens with zero attached hydrogens (tertiary/aromatic N) is 2. The third-order valence-electron chi connectivity index (χ3n) is 4.04. The van der Waals surface area contributed by atoms with Gasteiger partial charge in [-0.05, 0) is 74.0 Å². The minimum absolute atomic E-state index is 0.0241. The number of hydrogen-bond acceptors (Lipinski definition) is 5. The Morgan fingerprint density at radius 2 is 1.96 bits per heavy atom. The fourth-order valence-corrected chi connectivity index (χ4v) is 3.93. The Hall–Kier alpha value is -2.57. The maximum atomic E-state index is 13.1. The highest BCUT2D eigenvalue weighted by molar-refractivity contribution is 8.19. The third-order valence-corrected chi connectivity index (χ3v) is 5.02. The molecule has 5 nitrogen and oxygen atoms in total. The molecule has 0 aromatic heterocycles. The summed E-state index contributed by atoms with van der Waals surface area (Å²) in [7, 11) is 0. The summed E-state index contributed by atoms with van der Waals surface area (Å²) in [6, 6.07) is 15.4. The van der Waals surface area contributed by atoms with Crippen LogP contribution in [-0.4, -0.2) is 35.4 Å². The van der Waals surface area contributed by atoms with Crippen LogP contribution in [0.2, 0.25) is 0 Å². The van der Waals surface area contributed by atoms with Crippen LogP contribution in [0, 0.1) is 6.92 Å². The Morgan fingerprint density at radius 3 is 2.61 bits per heavy atom. The number of amides is 1. The van der Waals surface area contributed by atoms with Gasteiger partial charge in [0.2, 0.25) is 0 Å². The maximum absolute atomic E-state index is 13.1. The molecule has 1 heterocycles. The molecule has 1 fully saturated rings. The zero-order valence-corrected chi connectivity index (χ0v) is 17.1. The molecule has 3 rings (SSSR count). The fraction of sp³-hybridized carbons (Fsp3) is 0.273. The van der Waals surface area contributed by atoms with Gasteiger partial charge in [-0.15, -0.1) is 0 Å². The van der Waals surface area contributed by atoms with E-state index < -0.39 is 0 Å². The molecule has 146 valence electrons. The fourth-order valence-electron chi connectivity index (χ4n) is 2.82. The van der Waals surface area contributed by atoms with E-state index in [2.05, 4.69) is 4.99 Å². The lowest BCUT2D eigenvalue weighted by Crippen LogP contribution is -2.29. The van der Waals surface area contributed by atoms with Gasteiger partial charge in [-0.3, -0.25) is 14.7 Å². The molecule has 2 aromatic rings. The van der Waals surface area contributed by atoms with Crippen LogP contribution >= 0.6 is 11.8 Å². The normalized spacial score (nSPS) is 17.2. The number of amidine groups is 1. The molecular formula is C22H24N2O3S. The van der Waals surface area contributed by atoms with Crippen LogP contribution in [0.3, 0.4) is 0 Å². The lowest BCUT2D eigenvalue weighted by atomic mass is 10.1.